The maximum absolute atomic E-state index is 13.9. The molecule has 2 amide bonds. The molecule has 37 heavy (non-hydrogen) atoms. The largest absolute Gasteiger partial charge is 0.355 e. The quantitative estimate of drug-likeness (QED) is 0.351. The van der Waals surface area contributed by atoms with E-state index in [9.17, 15) is 18.0 Å². The Bertz CT molecular complexity index is 1320. The highest BCUT2D eigenvalue weighted by Gasteiger charge is 2.34. The minimum absolute atomic E-state index is 0.00171. The third kappa shape index (κ3) is 6.83. The summed E-state index contributed by atoms with van der Waals surface area (Å²) in [6.45, 7) is 3.54. The maximum atomic E-state index is 13.9. The molecule has 0 aromatic heterocycles. The molecule has 0 aliphatic rings. The van der Waals surface area contributed by atoms with Gasteiger partial charge in [0, 0.05) is 13.1 Å². The molecule has 1 atom stereocenters. The molecule has 10 heteroatoms. The van der Waals surface area contributed by atoms with Gasteiger partial charge in [0.25, 0.3) is 10.0 Å². The van der Waals surface area contributed by atoms with E-state index in [0.717, 1.165) is 9.87 Å². The molecule has 0 heterocycles. The highest BCUT2D eigenvalue weighted by atomic mass is 35.5. The summed E-state index contributed by atoms with van der Waals surface area (Å²) in [5.41, 5.74) is 0.869. The summed E-state index contributed by atoms with van der Waals surface area (Å²) in [5, 5.41) is 2.92. The second-order valence-corrected chi connectivity index (χ2v) is 10.9. The molecular weight excluding hydrogens is 533 g/mol. The number of nitrogens with one attached hydrogen (secondary N) is 1. The summed E-state index contributed by atoms with van der Waals surface area (Å²) < 4.78 is 28.5. The van der Waals surface area contributed by atoms with Gasteiger partial charge in [-0.2, -0.15) is 0 Å². The van der Waals surface area contributed by atoms with Gasteiger partial charge in [0.1, 0.15) is 12.6 Å². The van der Waals surface area contributed by atoms with E-state index in [1.54, 1.807) is 38.1 Å². The van der Waals surface area contributed by atoms with Crippen LogP contribution in [-0.2, 0) is 26.2 Å². The molecule has 0 unspecified atom stereocenters. The van der Waals surface area contributed by atoms with Crippen molar-refractivity contribution in [3.63, 3.8) is 0 Å². The summed E-state index contributed by atoms with van der Waals surface area (Å²) in [6, 6.07) is 20.8. The van der Waals surface area contributed by atoms with Gasteiger partial charge in [0.2, 0.25) is 11.8 Å². The summed E-state index contributed by atoms with van der Waals surface area (Å²) in [5.74, 6) is -0.870. The van der Waals surface area contributed by atoms with Crippen LogP contribution < -0.4 is 9.62 Å². The first-order valence-corrected chi connectivity index (χ1v) is 14.0. The van der Waals surface area contributed by atoms with Crippen LogP contribution >= 0.6 is 23.2 Å². The number of carbonyl (C=O) groups excluding carboxylic acids is 2. The number of hydrogen-bond acceptors (Lipinski definition) is 4. The lowest BCUT2D eigenvalue weighted by molar-refractivity contribution is -0.140. The summed E-state index contributed by atoms with van der Waals surface area (Å²) >= 11 is 12.6. The van der Waals surface area contributed by atoms with E-state index in [4.69, 9.17) is 23.2 Å². The molecular formula is C27H29Cl2N3O4S. The van der Waals surface area contributed by atoms with Crippen LogP contribution in [0, 0.1) is 0 Å². The molecule has 0 spiro atoms. The lowest BCUT2D eigenvalue weighted by Crippen LogP contribution is -2.52. The third-order valence-electron chi connectivity index (χ3n) is 5.74. The Kier molecular flexibility index (Phi) is 9.97. The van der Waals surface area contributed by atoms with Crippen molar-refractivity contribution in [3.05, 3.63) is 94.5 Å². The molecule has 0 radical (unpaired) electrons. The van der Waals surface area contributed by atoms with E-state index in [2.05, 4.69) is 5.32 Å². The number of hydrogen-bond donors (Lipinski definition) is 1. The van der Waals surface area contributed by atoms with Gasteiger partial charge in [-0.1, -0.05) is 84.7 Å². The first kappa shape index (κ1) is 28.5. The van der Waals surface area contributed by atoms with Crippen LogP contribution in [0.2, 0.25) is 10.0 Å². The number of benzene rings is 3. The van der Waals surface area contributed by atoms with Gasteiger partial charge in [-0.05, 0) is 43.2 Å². The average molecular weight is 563 g/mol. The van der Waals surface area contributed by atoms with Crippen LogP contribution in [0.3, 0.4) is 0 Å². The molecule has 3 aromatic rings. The number of amides is 2. The van der Waals surface area contributed by atoms with Crippen molar-refractivity contribution in [1.29, 1.82) is 0 Å². The Morgan fingerprint density at radius 2 is 1.51 bits per heavy atom. The fraction of sp³-hybridized carbons (Fsp3) is 0.259. The normalized spacial score (nSPS) is 12.0. The number of sulfonamides is 1. The van der Waals surface area contributed by atoms with Crippen LogP contribution in [0.4, 0.5) is 5.69 Å². The molecule has 196 valence electrons. The third-order valence-corrected chi connectivity index (χ3v) is 8.33. The fourth-order valence-electron chi connectivity index (χ4n) is 3.91. The van der Waals surface area contributed by atoms with Gasteiger partial charge in [-0.15, -0.1) is 0 Å². The predicted octanol–water partition coefficient (Wildman–Crippen LogP) is 5.13. The van der Waals surface area contributed by atoms with Crippen LogP contribution in [0.5, 0.6) is 0 Å². The number of carbonyl (C=O) groups is 2. The van der Waals surface area contributed by atoms with Crippen molar-refractivity contribution in [2.75, 3.05) is 17.4 Å². The zero-order valence-corrected chi connectivity index (χ0v) is 22.9. The second kappa shape index (κ2) is 12.9. The first-order valence-electron chi connectivity index (χ1n) is 11.8. The van der Waals surface area contributed by atoms with E-state index in [1.165, 1.54) is 29.2 Å². The molecule has 0 fully saturated rings. The van der Waals surface area contributed by atoms with E-state index in [1.807, 2.05) is 30.3 Å². The Balaban J connectivity index is 2.08. The number of anilines is 1. The van der Waals surface area contributed by atoms with Crippen molar-refractivity contribution in [3.8, 4) is 0 Å². The van der Waals surface area contributed by atoms with Gasteiger partial charge in [-0.3, -0.25) is 13.9 Å². The van der Waals surface area contributed by atoms with Crippen molar-refractivity contribution >= 4 is 50.7 Å². The van der Waals surface area contributed by atoms with Gasteiger partial charge >= 0.3 is 0 Å². The van der Waals surface area contributed by atoms with Crippen molar-refractivity contribution in [1.82, 2.24) is 10.2 Å². The number of nitrogens with zero attached hydrogens (tertiary/aromatic N) is 2. The van der Waals surface area contributed by atoms with Crippen LogP contribution in [-0.4, -0.2) is 44.3 Å². The molecule has 3 rings (SSSR count). The van der Waals surface area contributed by atoms with Gasteiger partial charge in [0.05, 0.1) is 20.6 Å². The first-order chi connectivity index (χ1) is 17.7. The molecule has 0 aliphatic carbocycles. The minimum Gasteiger partial charge on any atom is -0.355 e. The Labute approximate surface area is 228 Å². The summed E-state index contributed by atoms with van der Waals surface area (Å²) in [6.07, 6.45) is 0.341. The van der Waals surface area contributed by atoms with Crippen LogP contribution in [0.25, 0.3) is 0 Å². The van der Waals surface area contributed by atoms with Crippen molar-refractivity contribution in [2.45, 2.75) is 37.8 Å². The number of halogens is 2. The molecule has 0 aliphatic heterocycles. The lowest BCUT2D eigenvalue weighted by Gasteiger charge is -2.33. The summed E-state index contributed by atoms with van der Waals surface area (Å²) in [7, 11) is -4.22. The number of likely N-dealkylation sites (N-methyl/N-ethyl adjacent to an activating group) is 1. The molecule has 0 saturated carbocycles. The highest BCUT2D eigenvalue weighted by Crippen LogP contribution is 2.35. The molecule has 0 bridgehead atoms. The Morgan fingerprint density at radius 1 is 0.892 bits per heavy atom. The van der Waals surface area contributed by atoms with E-state index >= 15 is 0 Å². The van der Waals surface area contributed by atoms with Gasteiger partial charge in [0.15, 0.2) is 0 Å². The van der Waals surface area contributed by atoms with E-state index < -0.39 is 28.5 Å². The standard InChI is InChI=1S/C27H29Cl2N3O4S/c1-3-23(27(34)30-4-2)31(18-20-12-7-5-8-13-20)25(33)19-32(24-17-11-16-22(28)26(24)29)37(35,36)21-14-9-6-10-15-21/h5-17,23H,3-4,18-19H2,1-2H3,(H,30,34)/t23-/m0/s1. The monoisotopic (exact) mass is 561 g/mol. The highest BCUT2D eigenvalue weighted by molar-refractivity contribution is 7.92. The van der Waals surface area contributed by atoms with Crippen molar-refractivity contribution < 1.29 is 18.0 Å². The zero-order valence-electron chi connectivity index (χ0n) is 20.6. The lowest BCUT2D eigenvalue weighted by atomic mass is 10.1. The molecule has 1 N–H and O–H groups in total. The maximum Gasteiger partial charge on any atom is 0.264 e. The molecule has 7 nitrogen and oxygen atoms in total. The van der Waals surface area contributed by atoms with Crippen molar-refractivity contribution in [2.24, 2.45) is 0 Å². The minimum atomic E-state index is -4.22. The molecule has 0 saturated heterocycles. The Hall–Kier alpha value is -3.07. The van der Waals surface area contributed by atoms with Gasteiger partial charge in [-0.25, -0.2) is 8.42 Å². The average Bonchev–Trinajstić information content (AvgIpc) is 2.90. The fourth-order valence-corrected chi connectivity index (χ4v) is 5.80. The van der Waals surface area contributed by atoms with Crippen LogP contribution in [0.1, 0.15) is 25.8 Å². The predicted molar refractivity (Wildman–Crippen MR) is 147 cm³/mol. The number of rotatable bonds is 11. The van der Waals surface area contributed by atoms with E-state index in [-0.39, 0.29) is 33.1 Å². The van der Waals surface area contributed by atoms with E-state index in [0.29, 0.717) is 13.0 Å². The zero-order chi connectivity index (χ0) is 27.0. The van der Waals surface area contributed by atoms with Gasteiger partial charge < -0.3 is 10.2 Å². The topological polar surface area (TPSA) is 86.8 Å². The van der Waals surface area contributed by atoms with Crippen LogP contribution in [0.15, 0.2) is 83.8 Å². The smallest absolute Gasteiger partial charge is 0.264 e. The second-order valence-electron chi connectivity index (χ2n) is 8.22. The molecule has 3 aromatic carbocycles. The Morgan fingerprint density at radius 3 is 2.11 bits per heavy atom. The summed E-state index contributed by atoms with van der Waals surface area (Å²) in [4.78, 5) is 28.2. The SMILES string of the molecule is CCNC(=O)[C@H](CC)N(Cc1ccccc1)C(=O)CN(c1cccc(Cl)c1Cl)S(=O)(=O)c1ccccc1.